The first-order valence-electron chi connectivity index (χ1n) is 2.39. The highest BCUT2D eigenvalue weighted by Crippen LogP contribution is 1.81. The summed E-state index contributed by atoms with van der Waals surface area (Å²) < 4.78 is 5.18. The van der Waals surface area contributed by atoms with Crippen LogP contribution in [-0.2, 0) is 4.43 Å². The summed E-state index contributed by atoms with van der Waals surface area (Å²) in [6.07, 6.45) is 0.460. The van der Waals surface area contributed by atoms with Gasteiger partial charge in [-0.1, -0.05) is 6.55 Å². The molecule has 0 spiro atoms. The molecule has 1 nitrogen and oxygen atoms in total. The topological polar surface area (TPSA) is 9.23 Å². The van der Waals surface area contributed by atoms with E-state index >= 15 is 0 Å². The normalized spacial score (nSPS) is 12.0. The highest BCUT2D eigenvalue weighted by Gasteiger charge is 1.83. The Labute approximate surface area is 41.6 Å². The summed E-state index contributed by atoms with van der Waals surface area (Å²) in [5, 5.41) is 0. The standard InChI is InChI=1S/C4H12OSi/c1-4(2)5-6-3/h4H,6H2,1-3H3. The van der Waals surface area contributed by atoms with Crippen molar-refractivity contribution in [2.45, 2.75) is 26.5 Å². The Morgan fingerprint density at radius 2 is 2.00 bits per heavy atom. The minimum atomic E-state index is -0.133. The molecule has 0 atom stereocenters. The second kappa shape index (κ2) is 3.37. The molecule has 0 aromatic carbocycles. The fraction of sp³-hybridized carbons (Fsp3) is 1.00. The lowest BCUT2D eigenvalue weighted by atomic mass is 10.5. The van der Waals surface area contributed by atoms with Gasteiger partial charge < -0.3 is 4.43 Å². The van der Waals surface area contributed by atoms with Crippen LogP contribution in [0, 0.1) is 0 Å². The van der Waals surface area contributed by atoms with Gasteiger partial charge in [-0.2, -0.15) is 0 Å². The lowest BCUT2D eigenvalue weighted by Gasteiger charge is -2.00. The Bertz CT molecular complexity index is 28.7. The molecular formula is C4H12OSi. The summed E-state index contributed by atoms with van der Waals surface area (Å²) >= 11 is 0. The highest BCUT2D eigenvalue weighted by atomic mass is 28.2. The van der Waals surface area contributed by atoms with Gasteiger partial charge in [-0.25, -0.2) is 0 Å². The van der Waals surface area contributed by atoms with Gasteiger partial charge in [0.05, 0.1) is 0 Å². The van der Waals surface area contributed by atoms with Crippen LogP contribution in [0.2, 0.25) is 6.55 Å². The molecule has 0 N–H and O–H groups in total. The average Bonchev–Trinajstić information content (AvgIpc) is 1.35. The maximum atomic E-state index is 5.18. The highest BCUT2D eigenvalue weighted by molar-refractivity contribution is 6.24. The Hall–Kier alpha value is 0.177. The van der Waals surface area contributed by atoms with Crippen molar-refractivity contribution in [2.75, 3.05) is 0 Å². The van der Waals surface area contributed by atoms with Crippen molar-refractivity contribution in [1.29, 1.82) is 0 Å². The summed E-state index contributed by atoms with van der Waals surface area (Å²) in [6, 6.07) is 0. The Morgan fingerprint density at radius 1 is 1.50 bits per heavy atom. The molecule has 38 valence electrons. The SMILES string of the molecule is C[SiH2]OC(C)C. The molecule has 0 rings (SSSR count). The molecule has 0 unspecified atom stereocenters. The molecule has 0 saturated carbocycles. The molecule has 0 bridgehead atoms. The fourth-order valence-corrected chi connectivity index (χ4v) is 1.00. The Kier molecular flexibility index (Phi) is 3.47. The van der Waals surface area contributed by atoms with Crippen molar-refractivity contribution in [3.63, 3.8) is 0 Å². The van der Waals surface area contributed by atoms with Gasteiger partial charge >= 0.3 is 0 Å². The van der Waals surface area contributed by atoms with Crippen LogP contribution in [0.3, 0.4) is 0 Å². The fourth-order valence-electron chi connectivity index (χ4n) is 0.333. The predicted octanol–water partition coefficient (Wildman–Crippen LogP) is 0.543. The quantitative estimate of drug-likeness (QED) is 0.465. The van der Waals surface area contributed by atoms with E-state index in [1.165, 1.54) is 0 Å². The van der Waals surface area contributed by atoms with E-state index in [1.54, 1.807) is 0 Å². The molecular weight excluding hydrogens is 92.1 g/mol. The maximum absolute atomic E-state index is 5.18. The Balaban J connectivity index is 2.63. The first kappa shape index (κ1) is 6.18. The van der Waals surface area contributed by atoms with Crippen molar-refractivity contribution in [3.05, 3.63) is 0 Å². The van der Waals surface area contributed by atoms with Gasteiger partial charge in [-0.3, -0.25) is 0 Å². The first-order chi connectivity index (χ1) is 2.77. The van der Waals surface area contributed by atoms with Gasteiger partial charge in [0, 0.05) is 6.10 Å². The Morgan fingerprint density at radius 3 is 2.00 bits per heavy atom. The largest absolute Gasteiger partial charge is 0.422 e. The summed E-state index contributed by atoms with van der Waals surface area (Å²) in [4.78, 5) is 0. The molecule has 6 heavy (non-hydrogen) atoms. The van der Waals surface area contributed by atoms with Gasteiger partial charge in [0.1, 0.15) is 0 Å². The number of hydrogen-bond acceptors (Lipinski definition) is 1. The van der Waals surface area contributed by atoms with E-state index in [-0.39, 0.29) is 9.76 Å². The van der Waals surface area contributed by atoms with Crippen LogP contribution in [0.25, 0.3) is 0 Å². The molecule has 0 aliphatic carbocycles. The molecule has 2 heteroatoms. The van der Waals surface area contributed by atoms with Gasteiger partial charge in [0.15, 0.2) is 9.76 Å². The van der Waals surface area contributed by atoms with E-state index in [4.69, 9.17) is 4.43 Å². The molecule has 0 radical (unpaired) electrons. The summed E-state index contributed by atoms with van der Waals surface area (Å²) in [7, 11) is -0.133. The summed E-state index contributed by atoms with van der Waals surface area (Å²) in [5.74, 6) is 0. The summed E-state index contributed by atoms with van der Waals surface area (Å²) in [5.41, 5.74) is 0. The monoisotopic (exact) mass is 104 g/mol. The van der Waals surface area contributed by atoms with Crippen LogP contribution in [0.15, 0.2) is 0 Å². The molecule has 0 amide bonds. The third-order valence-electron chi connectivity index (χ3n) is 0.500. The number of rotatable bonds is 2. The molecule has 0 aliphatic rings. The van der Waals surface area contributed by atoms with Crippen molar-refractivity contribution < 1.29 is 4.43 Å². The van der Waals surface area contributed by atoms with E-state index in [9.17, 15) is 0 Å². The van der Waals surface area contributed by atoms with Gasteiger partial charge in [0.2, 0.25) is 0 Å². The van der Waals surface area contributed by atoms with E-state index in [1.807, 2.05) is 0 Å². The van der Waals surface area contributed by atoms with Gasteiger partial charge in [-0.15, -0.1) is 0 Å². The van der Waals surface area contributed by atoms with E-state index in [0.29, 0.717) is 6.10 Å². The molecule has 0 heterocycles. The van der Waals surface area contributed by atoms with Crippen LogP contribution in [0.5, 0.6) is 0 Å². The second-order valence-corrected chi connectivity index (χ2v) is 2.41. The average molecular weight is 104 g/mol. The number of hydrogen-bond donors (Lipinski definition) is 0. The van der Waals surface area contributed by atoms with Crippen LogP contribution in [0.4, 0.5) is 0 Å². The second-order valence-electron chi connectivity index (χ2n) is 1.50. The third kappa shape index (κ3) is 4.18. The van der Waals surface area contributed by atoms with Crippen molar-refractivity contribution in [2.24, 2.45) is 0 Å². The molecule has 0 saturated heterocycles. The molecule has 0 aromatic rings. The van der Waals surface area contributed by atoms with Crippen LogP contribution < -0.4 is 0 Å². The van der Waals surface area contributed by atoms with Crippen LogP contribution in [-0.4, -0.2) is 15.9 Å². The first-order valence-corrected chi connectivity index (χ1v) is 4.38. The zero-order valence-corrected chi connectivity index (χ0v) is 6.11. The van der Waals surface area contributed by atoms with Gasteiger partial charge in [0.25, 0.3) is 0 Å². The van der Waals surface area contributed by atoms with Crippen LogP contribution in [0.1, 0.15) is 13.8 Å². The lowest BCUT2D eigenvalue weighted by molar-refractivity contribution is 0.258. The minimum absolute atomic E-state index is 0.133. The third-order valence-corrected chi connectivity index (χ3v) is 1.50. The van der Waals surface area contributed by atoms with E-state index < -0.39 is 0 Å². The lowest BCUT2D eigenvalue weighted by Crippen LogP contribution is -2.02. The molecule has 0 aromatic heterocycles. The van der Waals surface area contributed by atoms with E-state index in [0.717, 1.165) is 0 Å². The van der Waals surface area contributed by atoms with Gasteiger partial charge in [-0.05, 0) is 13.8 Å². The smallest absolute Gasteiger partial charge is 0.158 e. The van der Waals surface area contributed by atoms with Crippen molar-refractivity contribution in [1.82, 2.24) is 0 Å². The molecule has 0 fully saturated rings. The zero-order valence-electron chi connectivity index (χ0n) is 4.69. The summed E-state index contributed by atoms with van der Waals surface area (Å²) in [6.45, 7) is 6.27. The van der Waals surface area contributed by atoms with Crippen molar-refractivity contribution in [3.8, 4) is 0 Å². The predicted molar refractivity (Wildman–Crippen MR) is 30.6 cm³/mol. The molecule has 0 aliphatic heterocycles. The maximum Gasteiger partial charge on any atom is 0.158 e. The minimum Gasteiger partial charge on any atom is -0.422 e. The van der Waals surface area contributed by atoms with Crippen molar-refractivity contribution >= 4 is 9.76 Å². The zero-order chi connectivity index (χ0) is 4.99. The van der Waals surface area contributed by atoms with Crippen LogP contribution >= 0.6 is 0 Å². The van der Waals surface area contributed by atoms with E-state index in [2.05, 4.69) is 20.4 Å².